The van der Waals surface area contributed by atoms with Gasteiger partial charge in [-0.15, -0.1) is 0 Å². The maximum atomic E-state index is 12.2. The molecule has 0 saturated carbocycles. The standard InChI is InChI=1S/C16H16N4O/c1-2-15-19-13-7-6-11(9-14(13)20-15)16(21)18-10-12-5-3-4-8-17-12/h3-9H,2,10H2,1H3,(H,18,21)(H,19,20). The fourth-order valence-electron chi connectivity index (χ4n) is 2.15. The molecule has 2 N–H and O–H groups in total. The van der Waals surface area contributed by atoms with Crippen LogP contribution in [-0.4, -0.2) is 20.9 Å². The first kappa shape index (κ1) is 13.3. The summed E-state index contributed by atoms with van der Waals surface area (Å²) in [6, 6.07) is 11.1. The summed E-state index contributed by atoms with van der Waals surface area (Å²) in [7, 11) is 0. The number of fused-ring (bicyclic) bond motifs is 1. The first-order valence-electron chi connectivity index (χ1n) is 6.93. The zero-order chi connectivity index (χ0) is 14.7. The van der Waals surface area contributed by atoms with Crippen molar-refractivity contribution in [3.63, 3.8) is 0 Å². The number of hydrogen-bond acceptors (Lipinski definition) is 3. The third kappa shape index (κ3) is 2.91. The van der Waals surface area contributed by atoms with Crippen LogP contribution in [0.2, 0.25) is 0 Å². The molecule has 0 aliphatic carbocycles. The number of H-pyrrole nitrogens is 1. The second-order valence-corrected chi connectivity index (χ2v) is 4.77. The van der Waals surface area contributed by atoms with Crippen molar-refractivity contribution in [3.05, 3.63) is 59.7 Å². The molecule has 2 heterocycles. The highest BCUT2D eigenvalue weighted by atomic mass is 16.1. The van der Waals surface area contributed by atoms with Crippen LogP contribution in [0.1, 0.15) is 28.8 Å². The average Bonchev–Trinajstić information content (AvgIpc) is 2.95. The van der Waals surface area contributed by atoms with Crippen molar-refractivity contribution in [2.24, 2.45) is 0 Å². The second-order valence-electron chi connectivity index (χ2n) is 4.77. The average molecular weight is 280 g/mol. The van der Waals surface area contributed by atoms with Crippen LogP contribution >= 0.6 is 0 Å². The molecule has 1 amide bonds. The number of nitrogens with zero attached hydrogens (tertiary/aromatic N) is 2. The van der Waals surface area contributed by atoms with E-state index in [2.05, 4.69) is 20.3 Å². The zero-order valence-electron chi connectivity index (χ0n) is 11.8. The predicted molar refractivity (Wildman–Crippen MR) is 80.9 cm³/mol. The lowest BCUT2D eigenvalue weighted by molar-refractivity contribution is 0.0950. The third-order valence-electron chi connectivity index (χ3n) is 3.28. The summed E-state index contributed by atoms with van der Waals surface area (Å²) in [6.45, 7) is 2.46. The largest absolute Gasteiger partial charge is 0.346 e. The van der Waals surface area contributed by atoms with Crippen LogP contribution in [0.25, 0.3) is 11.0 Å². The fraction of sp³-hybridized carbons (Fsp3) is 0.188. The number of carbonyl (C=O) groups is 1. The summed E-state index contributed by atoms with van der Waals surface area (Å²) in [6.07, 6.45) is 2.56. The molecule has 1 aromatic carbocycles. The Labute approximate surface area is 122 Å². The molecule has 3 rings (SSSR count). The van der Waals surface area contributed by atoms with Crippen molar-refractivity contribution in [3.8, 4) is 0 Å². The maximum absolute atomic E-state index is 12.2. The van der Waals surface area contributed by atoms with Gasteiger partial charge in [0.05, 0.1) is 23.3 Å². The molecule has 0 bridgehead atoms. The lowest BCUT2D eigenvalue weighted by Crippen LogP contribution is -2.23. The van der Waals surface area contributed by atoms with E-state index in [0.717, 1.165) is 29.0 Å². The Morgan fingerprint density at radius 3 is 2.95 bits per heavy atom. The van der Waals surface area contributed by atoms with Gasteiger partial charge in [-0.1, -0.05) is 13.0 Å². The minimum Gasteiger partial charge on any atom is -0.346 e. The summed E-state index contributed by atoms with van der Waals surface area (Å²) in [5, 5.41) is 2.86. The van der Waals surface area contributed by atoms with E-state index in [1.807, 2.05) is 37.3 Å². The van der Waals surface area contributed by atoms with E-state index in [1.54, 1.807) is 12.3 Å². The summed E-state index contributed by atoms with van der Waals surface area (Å²) in [5.41, 5.74) is 3.22. The zero-order valence-corrected chi connectivity index (χ0v) is 11.8. The highest BCUT2D eigenvalue weighted by Gasteiger charge is 2.08. The lowest BCUT2D eigenvalue weighted by Gasteiger charge is -2.04. The highest BCUT2D eigenvalue weighted by Crippen LogP contribution is 2.14. The smallest absolute Gasteiger partial charge is 0.251 e. The Balaban J connectivity index is 1.75. The number of nitrogens with one attached hydrogen (secondary N) is 2. The van der Waals surface area contributed by atoms with Gasteiger partial charge in [-0.05, 0) is 30.3 Å². The predicted octanol–water partition coefficient (Wildman–Crippen LogP) is 2.45. The molecule has 21 heavy (non-hydrogen) atoms. The van der Waals surface area contributed by atoms with Gasteiger partial charge in [0.15, 0.2) is 0 Å². The molecule has 106 valence electrons. The van der Waals surface area contributed by atoms with Gasteiger partial charge in [-0.2, -0.15) is 0 Å². The highest BCUT2D eigenvalue weighted by molar-refractivity contribution is 5.97. The van der Waals surface area contributed by atoms with Gasteiger partial charge in [-0.25, -0.2) is 4.98 Å². The number of benzene rings is 1. The van der Waals surface area contributed by atoms with Gasteiger partial charge < -0.3 is 10.3 Å². The minimum atomic E-state index is -0.116. The number of carbonyl (C=O) groups excluding carboxylic acids is 1. The van der Waals surface area contributed by atoms with Crippen LogP contribution in [-0.2, 0) is 13.0 Å². The van der Waals surface area contributed by atoms with Crippen molar-refractivity contribution in [1.82, 2.24) is 20.3 Å². The van der Waals surface area contributed by atoms with E-state index in [0.29, 0.717) is 12.1 Å². The SMILES string of the molecule is CCc1nc2ccc(C(=O)NCc3ccccn3)cc2[nH]1. The molecule has 0 fully saturated rings. The van der Waals surface area contributed by atoms with Crippen LogP contribution in [0.3, 0.4) is 0 Å². The van der Waals surface area contributed by atoms with Crippen molar-refractivity contribution in [2.45, 2.75) is 19.9 Å². The van der Waals surface area contributed by atoms with Crippen LogP contribution in [0.4, 0.5) is 0 Å². The molecule has 0 radical (unpaired) electrons. The molecular weight excluding hydrogens is 264 g/mol. The lowest BCUT2D eigenvalue weighted by atomic mass is 10.2. The molecule has 0 atom stereocenters. The molecule has 0 unspecified atom stereocenters. The van der Waals surface area contributed by atoms with E-state index in [4.69, 9.17) is 0 Å². The number of hydrogen-bond donors (Lipinski definition) is 2. The first-order chi connectivity index (χ1) is 10.3. The van der Waals surface area contributed by atoms with E-state index in [1.165, 1.54) is 0 Å². The van der Waals surface area contributed by atoms with Crippen LogP contribution in [0.5, 0.6) is 0 Å². The number of rotatable bonds is 4. The Morgan fingerprint density at radius 1 is 1.29 bits per heavy atom. The van der Waals surface area contributed by atoms with Gasteiger partial charge in [0, 0.05) is 18.2 Å². The number of aryl methyl sites for hydroxylation is 1. The Kier molecular flexibility index (Phi) is 3.64. The normalized spacial score (nSPS) is 10.7. The molecule has 5 heteroatoms. The number of pyridine rings is 1. The Morgan fingerprint density at radius 2 is 2.19 bits per heavy atom. The Hall–Kier alpha value is -2.69. The molecular formula is C16H16N4O. The molecule has 0 aliphatic rings. The van der Waals surface area contributed by atoms with Crippen molar-refractivity contribution in [1.29, 1.82) is 0 Å². The summed E-state index contributed by atoms with van der Waals surface area (Å²) in [5.74, 6) is 0.811. The third-order valence-corrected chi connectivity index (χ3v) is 3.28. The van der Waals surface area contributed by atoms with Crippen LogP contribution < -0.4 is 5.32 Å². The Bertz CT molecular complexity index is 764. The van der Waals surface area contributed by atoms with E-state index >= 15 is 0 Å². The van der Waals surface area contributed by atoms with Crippen molar-refractivity contribution >= 4 is 16.9 Å². The van der Waals surface area contributed by atoms with Crippen LogP contribution in [0, 0.1) is 0 Å². The molecule has 0 spiro atoms. The summed E-state index contributed by atoms with van der Waals surface area (Å²) in [4.78, 5) is 24.0. The van der Waals surface area contributed by atoms with Crippen LogP contribution in [0.15, 0.2) is 42.6 Å². The maximum Gasteiger partial charge on any atom is 0.251 e. The van der Waals surface area contributed by atoms with Crippen molar-refractivity contribution < 1.29 is 4.79 Å². The first-order valence-corrected chi connectivity index (χ1v) is 6.93. The summed E-state index contributed by atoms with van der Waals surface area (Å²) >= 11 is 0. The van der Waals surface area contributed by atoms with E-state index < -0.39 is 0 Å². The minimum absolute atomic E-state index is 0.116. The van der Waals surface area contributed by atoms with E-state index in [9.17, 15) is 4.79 Å². The molecule has 5 nitrogen and oxygen atoms in total. The van der Waals surface area contributed by atoms with Gasteiger partial charge in [0.2, 0.25) is 0 Å². The van der Waals surface area contributed by atoms with Gasteiger partial charge >= 0.3 is 0 Å². The molecule has 0 aliphatic heterocycles. The van der Waals surface area contributed by atoms with Gasteiger partial charge in [0.1, 0.15) is 5.82 Å². The topological polar surface area (TPSA) is 70.7 Å². The molecule has 0 saturated heterocycles. The van der Waals surface area contributed by atoms with E-state index in [-0.39, 0.29) is 5.91 Å². The number of aromatic nitrogens is 3. The van der Waals surface area contributed by atoms with Gasteiger partial charge in [-0.3, -0.25) is 9.78 Å². The number of amides is 1. The molecule has 3 aromatic rings. The van der Waals surface area contributed by atoms with Crippen molar-refractivity contribution in [2.75, 3.05) is 0 Å². The quantitative estimate of drug-likeness (QED) is 0.771. The second kappa shape index (κ2) is 5.75. The molecule has 2 aromatic heterocycles. The monoisotopic (exact) mass is 280 g/mol. The number of aromatic amines is 1. The number of imidazole rings is 1. The summed E-state index contributed by atoms with van der Waals surface area (Å²) < 4.78 is 0. The fourth-order valence-corrected chi connectivity index (χ4v) is 2.15. The van der Waals surface area contributed by atoms with Gasteiger partial charge in [0.25, 0.3) is 5.91 Å².